The number of piperidine rings is 1. The van der Waals surface area contributed by atoms with Crippen LogP contribution in [0.4, 0.5) is 8.78 Å². The molecule has 0 atom stereocenters. The number of benzene rings is 2. The summed E-state index contributed by atoms with van der Waals surface area (Å²) in [5.41, 5.74) is 0.592. The number of nitrogens with zero attached hydrogens (tertiary/aromatic N) is 1. The summed E-state index contributed by atoms with van der Waals surface area (Å²) in [5, 5.41) is 0.911. The van der Waals surface area contributed by atoms with E-state index in [-0.39, 0.29) is 17.9 Å². The van der Waals surface area contributed by atoms with Crippen molar-refractivity contribution in [3.63, 3.8) is 0 Å². The normalized spacial score (nSPS) is 14.9. The number of Topliss-reactive ketones (excluding diaryl/α,β-unsaturated/α-hetero) is 1. The van der Waals surface area contributed by atoms with Gasteiger partial charge in [0.05, 0.1) is 15.6 Å². The van der Waals surface area contributed by atoms with Crippen LogP contribution in [-0.2, 0) is 11.2 Å². The number of aryl methyl sites for hydroxylation is 1. The molecule has 3 nitrogen and oxygen atoms in total. The molecule has 1 aliphatic heterocycles. The van der Waals surface area contributed by atoms with Gasteiger partial charge < -0.3 is 4.90 Å². The minimum atomic E-state index is -0.719. The van der Waals surface area contributed by atoms with Crippen LogP contribution >= 0.6 is 23.2 Å². The zero-order chi connectivity index (χ0) is 20.3. The van der Waals surface area contributed by atoms with Gasteiger partial charge in [-0.1, -0.05) is 35.3 Å². The van der Waals surface area contributed by atoms with E-state index in [2.05, 4.69) is 0 Å². The lowest BCUT2D eigenvalue weighted by Gasteiger charge is -2.31. The highest BCUT2D eigenvalue weighted by Crippen LogP contribution is 2.27. The number of hydrogen-bond acceptors (Lipinski definition) is 2. The third kappa shape index (κ3) is 4.70. The minimum Gasteiger partial charge on any atom is -0.343 e. The standard InChI is InChI=1S/C21H19Cl2F2NO2/c22-17-3-1-2-13(20(17)23)4-7-19(27)26-10-8-14(9-11-26)21(28)16-12-15(24)5-6-18(16)25/h1-3,5-6,12,14H,4,7-11H2. The molecule has 0 unspecified atom stereocenters. The summed E-state index contributed by atoms with van der Waals surface area (Å²) < 4.78 is 27.2. The van der Waals surface area contributed by atoms with Crippen LogP contribution in [0.5, 0.6) is 0 Å². The number of amides is 1. The summed E-state index contributed by atoms with van der Waals surface area (Å²) >= 11 is 12.1. The average molecular weight is 426 g/mol. The van der Waals surface area contributed by atoms with Crippen LogP contribution in [0.3, 0.4) is 0 Å². The molecule has 148 valence electrons. The molecule has 7 heteroatoms. The molecule has 0 N–H and O–H groups in total. The highest BCUT2D eigenvalue weighted by atomic mass is 35.5. The summed E-state index contributed by atoms with van der Waals surface area (Å²) in [6.07, 6.45) is 1.62. The van der Waals surface area contributed by atoms with Gasteiger partial charge in [-0.3, -0.25) is 9.59 Å². The van der Waals surface area contributed by atoms with Crippen molar-refractivity contribution in [3.05, 3.63) is 69.2 Å². The monoisotopic (exact) mass is 425 g/mol. The molecular weight excluding hydrogens is 407 g/mol. The van der Waals surface area contributed by atoms with Gasteiger partial charge in [-0.15, -0.1) is 0 Å². The second-order valence-electron chi connectivity index (χ2n) is 6.86. The van der Waals surface area contributed by atoms with Gasteiger partial charge in [-0.05, 0) is 49.1 Å². The smallest absolute Gasteiger partial charge is 0.222 e. The van der Waals surface area contributed by atoms with Crippen LogP contribution in [-0.4, -0.2) is 29.7 Å². The first kappa shape index (κ1) is 20.7. The van der Waals surface area contributed by atoms with E-state index in [1.165, 1.54) is 0 Å². The molecule has 0 spiro atoms. The maximum absolute atomic E-state index is 13.8. The third-order valence-corrected chi connectivity index (χ3v) is 5.91. The van der Waals surface area contributed by atoms with Crippen molar-refractivity contribution in [2.75, 3.05) is 13.1 Å². The molecule has 1 saturated heterocycles. The van der Waals surface area contributed by atoms with Crippen LogP contribution in [0.2, 0.25) is 10.0 Å². The Morgan fingerprint density at radius 3 is 2.50 bits per heavy atom. The van der Waals surface area contributed by atoms with E-state index in [1.807, 2.05) is 6.07 Å². The van der Waals surface area contributed by atoms with Gasteiger partial charge >= 0.3 is 0 Å². The molecule has 28 heavy (non-hydrogen) atoms. The van der Waals surface area contributed by atoms with E-state index < -0.39 is 23.3 Å². The quantitative estimate of drug-likeness (QED) is 0.607. The molecule has 0 aliphatic carbocycles. The maximum atomic E-state index is 13.8. The topological polar surface area (TPSA) is 37.4 Å². The Bertz CT molecular complexity index is 896. The number of rotatable bonds is 5. The van der Waals surface area contributed by atoms with Crippen molar-refractivity contribution in [2.24, 2.45) is 5.92 Å². The minimum absolute atomic E-state index is 0.0288. The number of likely N-dealkylation sites (tertiary alicyclic amines) is 1. The van der Waals surface area contributed by atoms with Gasteiger partial charge in [0, 0.05) is 25.4 Å². The Balaban J connectivity index is 1.54. The first-order chi connectivity index (χ1) is 13.4. The van der Waals surface area contributed by atoms with Gasteiger partial charge in [0.2, 0.25) is 5.91 Å². The van der Waals surface area contributed by atoms with E-state index in [0.717, 1.165) is 23.8 Å². The Kier molecular flexibility index (Phi) is 6.68. The SMILES string of the molecule is O=C(c1cc(F)ccc1F)C1CCN(C(=O)CCc2cccc(Cl)c2Cl)CC1. The van der Waals surface area contributed by atoms with Crippen LogP contribution in [0.15, 0.2) is 36.4 Å². The van der Waals surface area contributed by atoms with Crippen molar-refractivity contribution < 1.29 is 18.4 Å². The zero-order valence-electron chi connectivity index (χ0n) is 15.1. The molecule has 2 aromatic rings. The lowest BCUT2D eigenvalue weighted by atomic mass is 9.88. The molecule has 0 saturated carbocycles. The number of carbonyl (C=O) groups is 2. The summed E-state index contributed by atoms with van der Waals surface area (Å²) in [5.74, 6) is -2.21. The Morgan fingerprint density at radius 2 is 1.79 bits per heavy atom. The first-order valence-electron chi connectivity index (χ1n) is 9.06. The number of carbonyl (C=O) groups excluding carboxylic acids is 2. The number of halogens is 4. The molecule has 3 rings (SSSR count). The molecule has 1 heterocycles. The van der Waals surface area contributed by atoms with E-state index >= 15 is 0 Å². The predicted molar refractivity (Wildman–Crippen MR) is 105 cm³/mol. The van der Waals surface area contributed by atoms with Crippen molar-refractivity contribution in [1.29, 1.82) is 0 Å². The van der Waals surface area contributed by atoms with Crippen LogP contribution < -0.4 is 0 Å². The van der Waals surface area contributed by atoms with Crippen LogP contribution in [0, 0.1) is 17.6 Å². The first-order valence-corrected chi connectivity index (χ1v) is 9.82. The van der Waals surface area contributed by atoms with Gasteiger partial charge in [0.1, 0.15) is 11.6 Å². The maximum Gasteiger partial charge on any atom is 0.222 e. The second-order valence-corrected chi connectivity index (χ2v) is 7.64. The van der Waals surface area contributed by atoms with Crippen molar-refractivity contribution in [2.45, 2.75) is 25.7 Å². The van der Waals surface area contributed by atoms with Crippen LogP contribution in [0.1, 0.15) is 35.2 Å². The van der Waals surface area contributed by atoms with Crippen molar-refractivity contribution >= 4 is 34.9 Å². The van der Waals surface area contributed by atoms with E-state index in [1.54, 1.807) is 17.0 Å². The highest BCUT2D eigenvalue weighted by molar-refractivity contribution is 6.42. The largest absolute Gasteiger partial charge is 0.343 e. The fourth-order valence-corrected chi connectivity index (χ4v) is 3.85. The predicted octanol–water partition coefficient (Wildman–Crippen LogP) is 5.33. The Morgan fingerprint density at radius 1 is 1.07 bits per heavy atom. The fraction of sp³-hybridized carbons (Fsp3) is 0.333. The number of hydrogen-bond donors (Lipinski definition) is 0. The average Bonchev–Trinajstić information content (AvgIpc) is 2.70. The summed E-state index contributed by atoms with van der Waals surface area (Å²) in [6, 6.07) is 8.20. The third-order valence-electron chi connectivity index (χ3n) is 5.05. The summed E-state index contributed by atoms with van der Waals surface area (Å²) in [4.78, 5) is 26.7. The van der Waals surface area contributed by atoms with Gasteiger partial charge in [-0.25, -0.2) is 8.78 Å². The van der Waals surface area contributed by atoms with Gasteiger partial charge in [0.15, 0.2) is 5.78 Å². The molecule has 0 aromatic heterocycles. The zero-order valence-corrected chi connectivity index (χ0v) is 16.6. The molecule has 1 fully saturated rings. The highest BCUT2D eigenvalue weighted by Gasteiger charge is 2.29. The molecule has 1 amide bonds. The lowest BCUT2D eigenvalue weighted by Crippen LogP contribution is -2.40. The Hall–Kier alpha value is -1.98. The van der Waals surface area contributed by atoms with Crippen LogP contribution in [0.25, 0.3) is 0 Å². The molecule has 0 bridgehead atoms. The molecular formula is C21H19Cl2F2NO2. The van der Waals surface area contributed by atoms with E-state index in [0.29, 0.717) is 42.4 Å². The van der Waals surface area contributed by atoms with E-state index in [4.69, 9.17) is 23.2 Å². The molecule has 1 aliphatic rings. The Labute approximate surface area is 172 Å². The molecule has 2 aromatic carbocycles. The fourth-order valence-electron chi connectivity index (χ4n) is 3.44. The number of ketones is 1. The second kappa shape index (κ2) is 9.01. The summed E-state index contributed by atoms with van der Waals surface area (Å²) in [6.45, 7) is 0.824. The summed E-state index contributed by atoms with van der Waals surface area (Å²) in [7, 11) is 0. The van der Waals surface area contributed by atoms with Gasteiger partial charge in [-0.2, -0.15) is 0 Å². The molecule has 0 radical (unpaired) electrons. The van der Waals surface area contributed by atoms with Crippen molar-refractivity contribution in [1.82, 2.24) is 4.90 Å². The van der Waals surface area contributed by atoms with Crippen molar-refractivity contribution in [3.8, 4) is 0 Å². The van der Waals surface area contributed by atoms with E-state index in [9.17, 15) is 18.4 Å². The van der Waals surface area contributed by atoms with Gasteiger partial charge in [0.25, 0.3) is 0 Å². The lowest BCUT2D eigenvalue weighted by molar-refractivity contribution is -0.132.